The van der Waals surface area contributed by atoms with Gasteiger partial charge >= 0.3 is 6.03 Å². The van der Waals surface area contributed by atoms with E-state index in [9.17, 15) is 9.59 Å². The summed E-state index contributed by atoms with van der Waals surface area (Å²) in [5.41, 5.74) is 4.84. The van der Waals surface area contributed by atoms with E-state index in [1.165, 1.54) is 12.8 Å². The maximum absolute atomic E-state index is 11.3. The normalized spacial score (nSPS) is 21.8. The summed E-state index contributed by atoms with van der Waals surface area (Å²) in [6, 6.07) is -0.845. The van der Waals surface area contributed by atoms with Gasteiger partial charge in [0.15, 0.2) is 0 Å². The molecule has 4 N–H and O–H groups in total. The van der Waals surface area contributed by atoms with Crippen LogP contribution >= 0.6 is 0 Å². The van der Waals surface area contributed by atoms with Crippen molar-refractivity contribution in [2.24, 2.45) is 11.7 Å². The number of imide groups is 1. The standard InChI is InChI=1S/C11H21N3O3/c1-8(10(15)14-11(12)16)17-6-4-9-3-2-5-13-7-9/h8-9,13H,2-7H2,1H3,(H3,12,14,15,16). The lowest BCUT2D eigenvalue weighted by Gasteiger charge is -2.23. The van der Waals surface area contributed by atoms with Gasteiger partial charge in [-0.05, 0) is 45.2 Å². The Morgan fingerprint density at radius 3 is 2.94 bits per heavy atom. The van der Waals surface area contributed by atoms with Gasteiger partial charge < -0.3 is 15.8 Å². The SMILES string of the molecule is CC(OCCC1CCCNC1)C(=O)NC(N)=O. The molecule has 17 heavy (non-hydrogen) atoms. The number of nitrogens with one attached hydrogen (secondary N) is 2. The Morgan fingerprint density at radius 1 is 1.59 bits per heavy atom. The van der Waals surface area contributed by atoms with E-state index in [-0.39, 0.29) is 0 Å². The third kappa shape index (κ3) is 5.65. The molecule has 0 saturated carbocycles. The summed E-state index contributed by atoms with van der Waals surface area (Å²) < 4.78 is 5.36. The van der Waals surface area contributed by atoms with Crippen molar-refractivity contribution in [2.75, 3.05) is 19.7 Å². The third-order valence-corrected chi connectivity index (χ3v) is 2.91. The van der Waals surface area contributed by atoms with Crippen LogP contribution in [0, 0.1) is 5.92 Å². The largest absolute Gasteiger partial charge is 0.369 e. The Hall–Kier alpha value is -1.14. The van der Waals surface area contributed by atoms with Gasteiger partial charge in [-0.2, -0.15) is 0 Å². The smallest absolute Gasteiger partial charge is 0.318 e. The summed E-state index contributed by atoms with van der Waals surface area (Å²) in [5.74, 6) is 0.134. The number of carbonyl (C=O) groups is 2. The summed E-state index contributed by atoms with van der Waals surface area (Å²) in [6.45, 7) is 4.25. The number of piperidine rings is 1. The quantitative estimate of drug-likeness (QED) is 0.632. The molecule has 0 aromatic carbocycles. The van der Waals surface area contributed by atoms with Gasteiger partial charge in [0.25, 0.3) is 5.91 Å². The Morgan fingerprint density at radius 2 is 2.35 bits per heavy atom. The minimum atomic E-state index is -0.845. The fourth-order valence-electron chi connectivity index (χ4n) is 1.88. The zero-order valence-electron chi connectivity index (χ0n) is 10.2. The molecule has 1 aliphatic heterocycles. The summed E-state index contributed by atoms with van der Waals surface area (Å²) in [4.78, 5) is 21.7. The van der Waals surface area contributed by atoms with Gasteiger partial charge in [0.05, 0.1) is 0 Å². The van der Waals surface area contributed by atoms with Gasteiger partial charge in [-0.1, -0.05) is 0 Å². The molecule has 0 radical (unpaired) electrons. The molecular weight excluding hydrogens is 222 g/mol. The van der Waals surface area contributed by atoms with E-state index in [2.05, 4.69) is 5.32 Å². The summed E-state index contributed by atoms with van der Waals surface area (Å²) in [5, 5.41) is 5.32. The number of amides is 3. The lowest BCUT2D eigenvalue weighted by Crippen LogP contribution is -2.41. The molecule has 0 aliphatic carbocycles. The maximum Gasteiger partial charge on any atom is 0.318 e. The van der Waals surface area contributed by atoms with Gasteiger partial charge in [0.1, 0.15) is 6.10 Å². The average molecular weight is 243 g/mol. The molecule has 1 aliphatic rings. The van der Waals surface area contributed by atoms with E-state index < -0.39 is 18.0 Å². The van der Waals surface area contributed by atoms with Crippen LogP contribution in [-0.2, 0) is 9.53 Å². The molecule has 1 heterocycles. The van der Waals surface area contributed by atoms with Gasteiger partial charge in [0, 0.05) is 6.61 Å². The molecule has 2 unspecified atom stereocenters. The summed E-state index contributed by atoms with van der Waals surface area (Å²) in [6.07, 6.45) is 2.70. The first-order valence-electron chi connectivity index (χ1n) is 6.02. The van der Waals surface area contributed by atoms with Crippen LogP contribution in [0.2, 0.25) is 0 Å². The van der Waals surface area contributed by atoms with Gasteiger partial charge in [-0.25, -0.2) is 4.79 Å². The lowest BCUT2D eigenvalue weighted by molar-refractivity contribution is -0.130. The van der Waals surface area contributed by atoms with Crippen molar-refractivity contribution in [3.05, 3.63) is 0 Å². The first-order valence-corrected chi connectivity index (χ1v) is 6.02. The highest BCUT2D eigenvalue weighted by atomic mass is 16.5. The van der Waals surface area contributed by atoms with Crippen molar-refractivity contribution in [3.8, 4) is 0 Å². The molecule has 0 aromatic heterocycles. The van der Waals surface area contributed by atoms with Crippen LogP contribution in [0.1, 0.15) is 26.2 Å². The predicted molar refractivity (Wildman–Crippen MR) is 63.4 cm³/mol. The van der Waals surface area contributed by atoms with E-state index in [4.69, 9.17) is 10.5 Å². The van der Waals surface area contributed by atoms with Crippen LogP contribution < -0.4 is 16.4 Å². The second-order valence-electron chi connectivity index (χ2n) is 4.37. The molecule has 0 aromatic rings. The third-order valence-electron chi connectivity index (χ3n) is 2.91. The Balaban J connectivity index is 2.12. The first-order chi connectivity index (χ1) is 8.09. The molecule has 2 atom stereocenters. The van der Waals surface area contributed by atoms with Crippen molar-refractivity contribution in [3.63, 3.8) is 0 Å². The Kier molecular flexibility index (Phi) is 5.93. The number of urea groups is 1. The Labute approximate surface area is 101 Å². The molecule has 3 amide bonds. The van der Waals surface area contributed by atoms with Crippen molar-refractivity contribution in [2.45, 2.75) is 32.3 Å². The van der Waals surface area contributed by atoms with Gasteiger partial charge in [-0.15, -0.1) is 0 Å². The van der Waals surface area contributed by atoms with Crippen molar-refractivity contribution >= 4 is 11.9 Å². The number of hydrogen-bond acceptors (Lipinski definition) is 4. The van der Waals surface area contributed by atoms with Crippen molar-refractivity contribution in [1.29, 1.82) is 0 Å². The van der Waals surface area contributed by atoms with E-state index in [1.54, 1.807) is 6.92 Å². The molecule has 0 spiro atoms. The van der Waals surface area contributed by atoms with E-state index in [0.717, 1.165) is 19.5 Å². The molecule has 0 bridgehead atoms. The fourth-order valence-corrected chi connectivity index (χ4v) is 1.88. The zero-order valence-corrected chi connectivity index (χ0v) is 10.2. The molecule has 6 heteroatoms. The van der Waals surface area contributed by atoms with Crippen molar-refractivity contribution < 1.29 is 14.3 Å². The van der Waals surface area contributed by atoms with Crippen LogP contribution in [0.4, 0.5) is 4.79 Å². The zero-order chi connectivity index (χ0) is 12.7. The van der Waals surface area contributed by atoms with E-state index in [0.29, 0.717) is 12.5 Å². The molecule has 98 valence electrons. The fraction of sp³-hybridized carbons (Fsp3) is 0.818. The average Bonchev–Trinajstić information content (AvgIpc) is 2.29. The highest BCUT2D eigenvalue weighted by Gasteiger charge is 2.17. The van der Waals surface area contributed by atoms with Gasteiger partial charge in [0.2, 0.25) is 0 Å². The maximum atomic E-state index is 11.3. The second kappa shape index (κ2) is 7.24. The highest BCUT2D eigenvalue weighted by Crippen LogP contribution is 2.14. The summed E-state index contributed by atoms with van der Waals surface area (Å²) in [7, 11) is 0. The molecule has 1 saturated heterocycles. The van der Waals surface area contributed by atoms with Crippen LogP contribution in [-0.4, -0.2) is 37.7 Å². The molecule has 6 nitrogen and oxygen atoms in total. The number of carbonyl (C=O) groups excluding carboxylic acids is 2. The lowest BCUT2D eigenvalue weighted by atomic mass is 9.97. The minimum Gasteiger partial charge on any atom is -0.369 e. The van der Waals surface area contributed by atoms with Crippen molar-refractivity contribution in [1.82, 2.24) is 10.6 Å². The number of ether oxygens (including phenoxy) is 1. The second-order valence-corrected chi connectivity index (χ2v) is 4.37. The van der Waals surface area contributed by atoms with Crippen LogP contribution in [0.15, 0.2) is 0 Å². The summed E-state index contributed by atoms with van der Waals surface area (Å²) >= 11 is 0. The highest BCUT2D eigenvalue weighted by molar-refractivity contribution is 5.95. The number of nitrogens with two attached hydrogens (primary N) is 1. The number of rotatable bonds is 5. The Bertz CT molecular complexity index is 265. The predicted octanol–water partition coefficient (Wildman–Crippen LogP) is -0.0239. The molecular formula is C11H21N3O3. The molecule has 1 rings (SSSR count). The molecule has 1 fully saturated rings. The van der Waals surface area contributed by atoms with Crippen LogP contribution in [0.5, 0.6) is 0 Å². The minimum absolute atomic E-state index is 0.487. The number of hydrogen-bond donors (Lipinski definition) is 3. The van der Waals surface area contributed by atoms with Crippen LogP contribution in [0.3, 0.4) is 0 Å². The van der Waals surface area contributed by atoms with Crippen LogP contribution in [0.25, 0.3) is 0 Å². The topological polar surface area (TPSA) is 93.4 Å². The number of primary amides is 1. The van der Waals surface area contributed by atoms with E-state index >= 15 is 0 Å². The first kappa shape index (κ1) is 13.9. The monoisotopic (exact) mass is 243 g/mol. The van der Waals surface area contributed by atoms with E-state index in [1.807, 2.05) is 5.32 Å². The van der Waals surface area contributed by atoms with Gasteiger partial charge in [-0.3, -0.25) is 10.1 Å².